The zero-order chi connectivity index (χ0) is 18.4. The molecule has 0 unspecified atom stereocenters. The zero-order valence-corrected chi connectivity index (χ0v) is 14.9. The van der Waals surface area contributed by atoms with Crippen LogP contribution in [0, 0.1) is 5.92 Å². The molecule has 0 saturated heterocycles. The van der Waals surface area contributed by atoms with Crippen LogP contribution in [0.25, 0.3) is 0 Å². The van der Waals surface area contributed by atoms with E-state index in [1.807, 2.05) is 0 Å². The Balaban J connectivity index is 1.45. The zero-order valence-electron chi connectivity index (χ0n) is 14.9. The Morgan fingerprint density at radius 1 is 1.15 bits per heavy atom. The Morgan fingerprint density at radius 3 is 2.62 bits per heavy atom. The third-order valence-electron chi connectivity index (χ3n) is 4.68. The van der Waals surface area contributed by atoms with E-state index in [0.29, 0.717) is 17.4 Å². The molecular formula is C20H24N2O4. The summed E-state index contributed by atoms with van der Waals surface area (Å²) in [6, 6.07) is 10.4. The van der Waals surface area contributed by atoms with Crippen molar-refractivity contribution < 1.29 is 18.7 Å². The minimum absolute atomic E-state index is 0.0126. The molecule has 2 N–H and O–H groups in total. The van der Waals surface area contributed by atoms with E-state index in [4.69, 9.17) is 9.15 Å². The maximum absolute atomic E-state index is 12.1. The van der Waals surface area contributed by atoms with Crippen LogP contribution in [0.1, 0.15) is 43.2 Å². The quantitative estimate of drug-likeness (QED) is 0.829. The Bertz CT molecular complexity index is 725. The van der Waals surface area contributed by atoms with E-state index in [0.717, 1.165) is 12.8 Å². The van der Waals surface area contributed by atoms with Crippen LogP contribution < -0.4 is 15.4 Å². The van der Waals surface area contributed by atoms with Crippen molar-refractivity contribution in [3.63, 3.8) is 0 Å². The Hall–Kier alpha value is -2.76. The summed E-state index contributed by atoms with van der Waals surface area (Å²) < 4.78 is 10.6. The molecule has 138 valence electrons. The smallest absolute Gasteiger partial charge is 0.291 e. The lowest BCUT2D eigenvalue weighted by atomic mass is 9.86. The summed E-state index contributed by atoms with van der Waals surface area (Å²) in [5.74, 6) is 0.931. The van der Waals surface area contributed by atoms with Gasteiger partial charge in [0.1, 0.15) is 5.75 Å². The van der Waals surface area contributed by atoms with Gasteiger partial charge in [0.25, 0.3) is 11.8 Å². The number of anilines is 1. The lowest BCUT2D eigenvalue weighted by Crippen LogP contribution is -2.43. The predicted octanol–water partition coefficient (Wildman–Crippen LogP) is 3.61. The van der Waals surface area contributed by atoms with Crippen LogP contribution in [-0.2, 0) is 4.79 Å². The minimum Gasteiger partial charge on any atom is -0.484 e. The van der Waals surface area contributed by atoms with Crippen LogP contribution in [0.4, 0.5) is 5.69 Å². The lowest BCUT2D eigenvalue weighted by molar-refractivity contribution is -0.124. The van der Waals surface area contributed by atoms with E-state index in [1.54, 1.807) is 36.4 Å². The van der Waals surface area contributed by atoms with Gasteiger partial charge in [-0.15, -0.1) is 0 Å². The standard InChI is InChI=1S/C20H24N2O4/c1-14-5-2-3-6-17(14)22-19(23)13-26-16-10-8-15(9-11-16)21-20(24)18-7-4-12-25-18/h4,7-12,14,17H,2-3,5-6,13H2,1H3,(H,21,24)(H,22,23)/t14-,17-/m0/s1. The number of furan rings is 1. The molecule has 2 aromatic rings. The van der Waals surface area contributed by atoms with Gasteiger partial charge in [-0.25, -0.2) is 0 Å². The first-order valence-electron chi connectivity index (χ1n) is 8.99. The van der Waals surface area contributed by atoms with Crippen molar-refractivity contribution in [2.24, 2.45) is 5.92 Å². The first-order chi connectivity index (χ1) is 12.6. The first kappa shape index (κ1) is 18.0. The van der Waals surface area contributed by atoms with Gasteiger partial charge in [-0.3, -0.25) is 9.59 Å². The molecule has 1 heterocycles. The fraction of sp³-hybridized carbons (Fsp3) is 0.400. The number of hydrogen-bond donors (Lipinski definition) is 2. The van der Waals surface area contributed by atoms with Crippen LogP contribution in [0.2, 0.25) is 0 Å². The second-order valence-electron chi connectivity index (χ2n) is 6.68. The monoisotopic (exact) mass is 356 g/mol. The average Bonchev–Trinajstić information content (AvgIpc) is 3.18. The molecule has 0 radical (unpaired) electrons. The third kappa shape index (κ3) is 4.88. The van der Waals surface area contributed by atoms with E-state index >= 15 is 0 Å². The van der Waals surface area contributed by atoms with E-state index in [1.165, 1.54) is 19.1 Å². The number of carbonyl (C=O) groups is 2. The summed E-state index contributed by atoms with van der Waals surface area (Å²) in [7, 11) is 0. The van der Waals surface area contributed by atoms with Gasteiger partial charge in [0, 0.05) is 11.7 Å². The Morgan fingerprint density at radius 2 is 1.92 bits per heavy atom. The molecule has 6 nitrogen and oxygen atoms in total. The molecule has 0 aliphatic heterocycles. The van der Waals surface area contributed by atoms with Gasteiger partial charge < -0.3 is 19.8 Å². The molecule has 1 saturated carbocycles. The summed E-state index contributed by atoms with van der Waals surface area (Å²) in [5, 5.41) is 5.79. The summed E-state index contributed by atoms with van der Waals surface area (Å²) in [6.07, 6.45) is 6.06. The maximum Gasteiger partial charge on any atom is 0.291 e. The lowest BCUT2D eigenvalue weighted by Gasteiger charge is -2.29. The van der Waals surface area contributed by atoms with Gasteiger partial charge in [-0.05, 0) is 55.2 Å². The molecule has 1 aromatic heterocycles. The number of ether oxygens (including phenoxy) is 1. The SMILES string of the molecule is C[C@H]1CCCC[C@@H]1NC(=O)COc1ccc(NC(=O)c2ccco2)cc1. The number of benzene rings is 1. The van der Waals surface area contributed by atoms with Gasteiger partial charge >= 0.3 is 0 Å². The topological polar surface area (TPSA) is 80.6 Å². The number of hydrogen-bond acceptors (Lipinski definition) is 4. The molecule has 3 rings (SSSR count). The van der Waals surface area contributed by atoms with Crippen LogP contribution >= 0.6 is 0 Å². The molecule has 26 heavy (non-hydrogen) atoms. The van der Waals surface area contributed by atoms with Crippen LogP contribution in [0.15, 0.2) is 47.1 Å². The van der Waals surface area contributed by atoms with E-state index < -0.39 is 0 Å². The van der Waals surface area contributed by atoms with Crippen molar-refractivity contribution in [2.75, 3.05) is 11.9 Å². The van der Waals surface area contributed by atoms with Crippen molar-refractivity contribution >= 4 is 17.5 Å². The molecule has 0 spiro atoms. The maximum atomic E-state index is 12.1. The summed E-state index contributed by atoms with van der Waals surface area (Å²) in [6.45, 7) is 2.17. The summed E-state index contributed by atoms with van der Waals surface area (Å²) >= 11 is 0. The predicted molar refractivity (Wildman–Crippen MR) is 98.2 cm³/mol. The molecule has 6 heteroatoms. The molecule has 2 atom stereocenters. The number of nitrogens with one attached hydrogen (secondary N) is 2. The Labute approximate surface area is 152 Å². The molecule has 1 aliphatic carbocycles. The molecule has 1 fully saturated rings. The number of amides is 2. The van der Waals surface area contributed by atoms with Gasteiger partial charge in [0.2, 0.25) is 0 Å². The van der Waals surface area contributed by atoms with Crippen molar-refractivity contribution in [3.05, 3.63) is 48.4 Å². The molecule has 1 aromatic carbocycles. The van der Waals surface area contributed by atoms with Crippen LogP contribution in [-0.4, -0.2) is 24.5 Å². The normalized spacial score (nSPS) is 19.6. The average molecular weight is 356 g/mol. The minimum atomic E-state index is -0.315. The van der Waals surface area contributed by atoms with Crippen molar-refractivity contribution in [3.8, 4) is 5.75 Å². The molecular weight excluding hydrogens is 332 g/mol. The number of rotatable bonds is 6. The summed E-state index contributed by atoms with van der Waals surface area (Å²) in [5.41, 5.74) is 0.624. The van der Waals surface area contributed by atoms with Gasteiger partial charge in [0.15, 0.2) is 12.4 Å². The van der Waals surface area contributed by atoms with Crippen molar-refractivity contribution in [1.82, 2.24) is 5.32 Å². The van der Waals surface area contributed by atoms with E-state index in [9.17, 15) is 9.59 Å². The Kier molecular flexibility index (Phi) is 5.94. The van der Waals surface area contributed by atoms with Crippen LogP contribution in [0.5, 0.6) is 5.75 Å². The fourth-order valence-electron chi connectivity index (χ4n) is 3.16. The third-order valence-corrected chi connectivity index (χ3v) is 4.68. The van der Waals surface area contributed by atoms with Gasteiger partial charge in [-0.1, -0.05) is 19.8 Å². The highest BCUT2D eigenvalue weighted by molar-refractivity contribution is 6.02. The van der Waals surface area contributed by atoms with Crippen molar-refractivity contribution in [1.29, 1.82) is 0 Å². The highest BCUT2D eigenvalue weighted by Crippen LogP contribution is 2.23. The molecule has 1 aliphatic rings. The second-order valence-corrected chi connectivity index (χ2v) is 6.68. The number of carbonyl (C=O) groups excluding carboxylic acids is 2. The highest BCUT2D eigenvalue weighted by atomic mass is 16.5. The van der Waals surface area contributed by atoms with E-state index in [2.05, 4.69) is 17.6 Å². The highest BCUT2D eigenvalue weighted by Gasteiger charge is 2.22. The summed E-state index contributed by atoms with van der Waals surface area (Å²) in [4.78, 5) is 24.0. The molecule has 0 bridgehead atoms. The van der Waals surface area contributed by atoms with Crippen LogP contribution in [0.3, 0.4) is 0 Å². The fourth-order valence-corrected chi connectivity index (χ4v) is 3.16. The largest absolute Gasteiger partial charge is 0.484 e. The van der Waals surface area contributed by atoms with Gasteiger partial charge in [-0.2, -0.15) is 0 Å². The van der Waals surface area contributed by atoms with Crippen molar-refractivity contribution in [2.45, 2.75) is 38.6 Å². The van der Waals surface area contributed by atoms with Gasteiger partial charge in [0.05, 0.1) is 6.26 Å². The first-order valence-corrected chi connectivity index (χ1v) is 8.99. The second kappa shape index (κ2) is 8.56. The van der Waals surface area contributed by atoms with E-state index in [-0.39, 0.29) is 30.2 Å². The molecule has 2 amide bonds.